The number of rotatable bonds is 3. The van der Waals surface area contributed by atoms with Crippen molar-refractivity contribution in [3.8, 4) is 0 Å². The van der Waals surface area contributed by atoms with Gasteiger partial charge in [-0.25, -0.2) is 0 Å². The quantitative estimate of drug-likeness (QED) is 0.868. The summed E-state index contributed by atoms with van der Waals surface area (Å²) in [5.74, 6) is -0.411. The highest BCUT2D eigenvalue weighted by Gasteiger charge is 2.65. The molecule has 3 aliphatic heterocycles. The molecule has 0 bridgehead atoms. The zero-order valence-electron chi connectivity index (χ0n) is 15.3. The standard InChI is InChI=1S/C20H23N5O2/c1-24(12-13-8-9-21-23-13)18(26)16-11-14-5-4-10-25(14)20(16)15-6-2-3-7-17(15)22-19(20)27/h2-3,6-9,14,16H,4-5,10-12H2,1H3,(H,21,23)(H,22,27)/t14-,16-,20+/m1/s1. The second kappa shape index (κ2) is 5.92. The minimum atomic E-state index is -0.878. The van der Waals surface area contributed by atoms with Crippen LogP contribution < -0.4 is 5.32 Å². The molecule has 0 saturated carbocycles. The average Bonchev–Trinajstić information content (AvgIpc) is 3.41. The van der Waals surface area contributed by atoms with E-state index in [4.69, 9.17) is 0 Å². The number of hydrogen-bond acceptors (Lipinski definition) is 4. The molecular formula is C20H23N5O2. The highest BCUT2D eigenvalue weighted by atomic mass is 16.2. The number of anilines is 1. The van der Waals surface area contributed by atoms with Crippen molar-refractivity contribution in [2.75, 3.05) is 18.9 Å². The summed E-state index contributed by atoms with van der Waals surface area (Å²) in [5.41, 5.74) is 1.79. The molecule has 7 nitrogen and oxygen atoms in total. The summed E-state index contributed by atoms with van der Waals surface area (Å²) < 4.78 is 0. The number of H-pyrrole nitrogens is 1. The van der Waals surface area contributed by atoms with E-state index in [-0.39, 0.29) is 23.8 Å². The Kier molecular flexibility index (Phi) is 3.62. The molecule has 5 rings (SSSR count). The van der Waals surface area contributed by atoms with Crippen LogP contribution in [0.5, 0.6) is 0 Å². The molecular weight excluding hydrogens is 342 g/mol. The normalized spacial score (nSPS) is 29.0. The summed E-state index contributed by atoms with van der Waals surface area (Å²) in [6.07, 6.45) is 4.54. The number of carbonyl (C=O) groups is 2. The summed E-state index contributed by atoms with van der Waals surface area (Å²) in [4.78, 5) is 30.8. The molecule has 1 aromatic heterocycles. The number of para-hydroxylation sites is 1. The minimum Gasteiger partial charge on any atom is -0.340 e. The fourth-order valence-corrected chi connectivity index (χ4v) is 5.34. The summed E-state index contributed by atoms with van der Waals surface area (Å²) in [5, 5.41) is 9.91. The van der Waals surface area contributed by atoms with Gasteiger partial charge in [0.05, 0.1) is 18.2 Å². The third-order valence-electron chi connectivity index (χ3n) is 6.41. The van der Waals surface area contributed by atoms with Crippen LogP contribution in [0.25, 0.3) is 0 Å². The van der Waals surface area contributed by atoms with Crippen LogP contribution >= 0.6 is 0 Å². The molecule has 0 radical (unpaired) electrons. The molecule has 2 aromatic rings. The molecule has 0 unspecified atom stereocenters. The van der Waals surface area contributed by atoms with Gasteiger partial charge >= 0.3 is 0 Å². The first-order valence-electron chi connectivity index (χ1n) is 9.53. The van der Waals surface area contributed by atoms with Crippen LogP contribution in [0.2, 0.25) is 0 Å². The van der Waals surface area contributed by atoms with E-state index in [1.54, 1.807) is 18.1 Å². The van der Waals surface area contributed by atoms with Crippen LogP contribution in [0, 0.1) is 5.92 Å². The lowest BCUT2D eigenvalue weighted by molar-refractivity contribution is -0.143. The van der Waals surface area contributed by atoms with Gasteiger partial charge in [-0.05, 0) is 37.9 Å². The van der Waals surface area contributed by atoms with Gasteiger partial charge in [0, 0.05) is 30.5 Å². The topological polar surface area (TPSA) is 81.3 Å². The molecule has 27 heavy (non-hydrogen) atoms. The van der Waals surface area contributed by atoms with Crippen molar-refractivity contribution in [1.82, 2.24) is 20.0 Å². The molecule has 1 aromatic carbocycles. The Morgan fingerprint density at radius 1 is 1.37 bits per heavy atom. The number of benzene rings is 1. The molecule has 7 heteroatoms. The monoisotopic (exact) mass is 365 g/mol. The Balaban J connectivity index is 1.55. The Labute approximate surface area is 157 Å². The molecule has 2 N–H and O–H groups in total. The van der Waals surface area contributed by atoms with Gasteiger partial charge < -0.3 is 10.2 Å². The molecule has 140 valence electrons. The van der Waals surface area contributed by atoms with Gasteiger partial charge in [0.2, 0.25) is 11.8 Å². The van der Waals surface area contributed by atoms with Gasteiger partial charge in [0.15, 0.2) is 0 Å². The van der Waals surface area contributed by atoms with Crippen molar-refractivity contribution >= 4 is 17.5 Å². The van der Waals surface area contributed by atoms with E-state index in [1.165, 1.54) is 0 Å². The number of fused-ring (bicyclic) bond motifs is 4. The predicted molar refractivity (Wildman–Crippen MR) is 99.6 cm³/mol. The van der Waals surface area contributed by atoms with Crippen molar-refractivity contribution < 1.29 is 9.59 Å². The Morgan fingerprint density at radius 2 is 2.22 bits per heavy atom. The average molecular weight is 365 g/mol. The van der Waals surface area contributed by atoms with Crippen molar-refractivity contribution in [2.24, 2.45) is 5.92 Å². The SMILES string of the molecule is CN(Cc1ccn[nH]1)C(=O)[C@H]1C[C@H]2CCCN2[C@]12C(=O)Nc1ccccc12. The summed E-state index contributed by atoms with van der Waals surface area (Å²) in [6.45, 7) is 1.32. The van der Waals surface area contributed by atoms with E-state index in [1.807, 2.05) is 30.3 Å². The van der Waals surface area contributed by atoms with Crippen molar-refractivity contribution in [3.05, 3.63) is 47.8 Å². The lowest BCUT2D eigenvalue weighted by Gasteiger charge is -2.37. The van der Waals surface area contributed by atoms with Crippen LogP contribution in [0.1, 0.15) is 30.5 Å². The van der Waals surface area contributed by atoms with Gasteiger partial charge in [-0.15, -0.1) is 0 Å². The van der Waals surface area contributed by atoms with E-state index in [9.17, 15) is 9.59 Å². The van der Waals surface area contributed by atoms with Crippen LogP contribution in [0.3, 0.4) is 0 Å². The van der Waals surface area contributed by atoms with Gasteiger partial charge in [-0.2, -0.15) is 5.10 Å². The molecule has 2 amide bonds. The van der Waals surface area contributed by atoms with Gasteiger partial charge in [-0.3, -0.25) is 19.6 Å². The maximum Gasteiger partial charge on any atom is 0.250 e. The van der Waals surface area contributed by atoms with Gasteiger partial charge in [-0.1, -0.05) is 18.2 Å². The minimum absolute atomic E-state index is 0.0193. The summed E-state index contributed by atoms with van der Waals surface area (Å²) >= 11 is 0. The number of nitrogens with zero attached hydrogens (tertiary/aromatic N) is 3. The molecule has 2 saturated heterocycles. The first kappa shape index (κ1) is 16.5. The second-order valence-corrected chi connectivity index (χ2v) is 7.82. The van der Waals surface area contributed by atoms with E-state index in [2.05, 4.69) is 20.4 Å². The number of amides is 2. The first-order valence-corrected chi connectivity index (χ1v) is 9.53. The molecule has 0 aliphatic carbocycles. The van der Waals surface area contributed by atoms with E-state index in [0.29, 0.717) is 6.54 Å². The lowest BCUT2D eigenvalue weighted by atomic mass is 9.78. The van der Waals surface area contributed by atoms with E-state index >= 15 is 0 Å². The smallest absolute Gasteiger partial charge is 0.250 e. The lowest BCUT2D eigenvalue weighted by Crippen LogP contribution is -2.54. The van der Waals surface area contributed by atoms with Crippen molar-refractivity contribution in [2.45, 2.75) is 37.4 Å². The Hall–Kier alpha value is -2.67. The zero-order valence-corrected chi connectivity index (χ0v) is 15.3. The third-order valence-corrected chi connectivity index (χ3v) is 6.41. The first-order chi connectivity index (χ1) is 13.1. The maximum absolute atomic E-state index is 13.5. The van der Waals surface area contributed by atoms with Crippen molar-refractivity contribution in [3.63, 3.8) is 0 Å². The van der Waals surface area contributed by atoms with Crippen LogP contribution in [0.4, 0.5) is 5.69 Å². The van der Waals surface area contributed by atoms with Gasteiger partial charge in [0.1, 0.15) is 5.54 Å². The summed E-state index contributed by atoms with van der Waals surface area (Å²) in [6, 6.07) is 9.97. The Bertz CT molecular complexity index is 896. The fourth-order valence-electron chi connectivity index (χ4n) is 5.34. The van der Waals surface area contributed by atoms with Crippen LogP contribution in [-0.2, 0) is 21.7 Å². The zero-order chi connectivity index (χ0) is 18.6. The number of aromatic nitrogens is 2. The number of nitrogens with one attached hydrogen (secondary N) is 2. The molecule has 3 atom stereocenters. The fraction of sp³-hybridized carbons (Fsp3) is 0.450. The molecule has 4 heterocycles. The highest BCUT2D eigenvalue weighted by Crippen LogP contribution is 2.55. The largest absolute Gasteiger partial charge is 0.340 e. The van der Waals surface area contributed by atoms with Crippen LogP contribution in [0.15, 0.2) is 36.5 Å². The molecule has 1 spiro atoms. The Morgan fingerprint density at radius 3 is 3.04 bits per heavy atom. The second-order valence-electron chi connectivity index (χ2n) is 7.82. The van der Waals surface area contributed by atoms with Crippen molar-refractivity contribution in [1.29, 1.82) is 0 Å². The van der Waals surface area contributed by atoms with Gasteiger partial charge in [0.25, 0.3) is 0 Å². The maximum atomic E-state index is 13.5. The van der Waals surface area contributed by atoms with Crippen LogP contribution in [-0.4, -0.2) is 51.4 Å². The molecule has 2 fully saturated rings. The third kappa shape index (κ3) is 2.21. The number of carbonyl (C=O) groups excluding carboxylic acids is 2. The van der Waals surface area contributed by atoms with E-state index in [0.717, 1.165) is 42.8 Å². The predicted octanol–water partition coefficient (Wildman–Crippen LogP) is 1.70. The highest BCUT2D eigenvalue weighted by molar-refractivity contribution is 6.09. The number of aromatic amines is 1. The number of hydrogen-bond donors (Lipinski definition) is 2. The van der Waals surface area contributed by atoms with E-state index < -0.39 is 5.54 Å². The summed E-state index contributed by atoms with van der Waals surface area (Å²) in [7, 11) is 1.80. The molecule has 3 aliphatic rings.